The van der Waals surface area contributed by atoms with Crippen molar-refractivity contribution < 1.29 is 9.90 Å². The summed E-state index contributed by atoms with van der Waals surface area (Å²) in [7, 11) is 0. The van der Waals surface area contributed by atoms with Gasteiger partial charge in [0.15, 0.2) is 0 Å². The van der Waals surface area contributed by atoms with E-state index in [2.05, 4.69) is 10.2 Å². The predicted octanol–water partition coefficient (Wildman–Crippen LogP) is 3.33. The Morgan fingerprint density at radius 1 is 1.08 bits per heavy atom. The van der Waals surface area contributed by atoms with Crippen molar-refractivity contribution in [3.8, 4) is 0 Å². The predicted molar refractivity (Wildman–Crippen MR) is 104 cm³/mol. The Hall–Kier alpha value is -1.88. The molecule has 2 N–H and O–H groups in total. The van der Waals surface area contributed by atoms with Gasteiger partial charge in [-0.3, -0.25) is 9.69 Å². The molecule has 1 saturated heterocycles. The second-order valence-corrected chi connectivity index (χ2v) is 7.37. The molecule has 2 aromatic carbocycles. The molecule has 3 rings (SSSR count). The fraction of sp³-hybridized carbons (Fsp3) is 0.381. The Morgan fingerprint density at radius 3 is 2.54 bits per heavy atom. The highest BCUT2D eigenvalue weighted by Gasteiger charge is 2.32. The van der Waals surface area contributed by atoms with Crippen molar-refractivity contribution in [1.29, 1.82) is 0 Å². The smallest absolute Gasteiger partial charge is 0.234 e. The minimum absolute atomic E-state index is 0.00472. The summed E-state index contributed by atoms with van der Waals surface area (Å²) >= 11 is 5.87. The number of hydrogen-bond acceptors (Lipinski definition) is 3. The van der Waals surface area contributed by atoms with Crippen LogP contribution in [0.2, 0.25) is 5.02 Å². The Bertz CT molecular complexity index is 721. The molecular weight excluding hydrogens is 348 g/mol. The maximum atomic E-state index is 12.3. The van der Waals surface area contributed by atoms with Gasteiger partial charge in [0.1, 0.15) is 0 Å². The van der Waals surface area contributed by atoms with Crippen LogP contribution < -0.4 is 5.32 Å². The van der Waals surface area contributed by atoms with Crippen LogP contribution in [0.5, 0.6) is 0 Å². The highest BCUT2D eigenvalue weighted by Crippen LogP contribution is 2.32. The van der Waals surface area contributed by atoms with Gasteiger partial charge in [-0.15, -0.1) is 0 Å². The molecule has 1 fully saturated rings. The third-order valence-electron chi connectivity index (χ3n) is 4.99. The topological polar surface area (TPSA) is 52.6 Å². The number of aliphatic hydroxyl groups is 1. The number of amides is 1. The molecule has 1 atom stereocenters. The van der Waals surface area contributed by atoms with E-state index in [4.69, 9.17) is 11.6 Å². The van der Waals surface area contributed by atoms with Crippen LogP contribution in [0, 0.1) is 0 Å². The van der Waals surface area contributed by atoms with Crippen LogP contribution in [-0.2, 0) is 16.9 Å². The summed E-state index contributed by atoms with van der Waals surface area (Å²) in [6.45, 7) is 2.39. The standard InChI is InChI=1S/C21H25ClN2O2/c22-19-9-7-17(8-10-19)15-23-20(25)16-24-13-4-11-21(26,12-14-24)18-5-2-1-3-6-18/h1-3,5-10,26H,4,11-16H2,(H,23,25)/t21-/m0/s1. The van der Waals surface area contributed by atoms with Crippen LogP contribution in [0.3, 0.4) is 0 Å². The largest absolute Gasteiger partial charge is 0.385 e. The molecule has 0 unspecified atom stereocenters. The van der Waals surface area contributed by atoms with Gasteiger partial charge in [-0.25, -0.2) is 0 Å². The van der Waals surface area contributed by atoms with Crippen molar-refractivity contribution in [2.75, 3.05) is 19.6 Å². The molecule has 0 saturated carbocycles. The van der Waals surface area contributed by atoms with Crippen LogP contribution in [0.4, 0.5) is 0 Å². The summed E-state index contributed by atoms with van der Waals surface area (Å²) in [6, 6.07) is 17.3. The lowest BCUT2D eigenvalue weighted by molar-refractivity contribution is -0.122. The molecule has 5 heteroatoms. The molecule has 0 aromatic heterocycles. The van der Waals surface area contributed by atoms with E-state index in [1.54, 1.807) is 0 Å². The zero-order chi connectivity index (χ0) is 18.4. The molecule has 1 aliphatic heterocycles. The summed E-state index contributed by atoms with van der Waals surface area (Å²) in [6.07, 6.45) is 2.23. The van der Waals surface area contributed by atoms with Gasteiger partial charge in [0.25, 0.3) is 0 Å². The Morgan fingerprint density at radius 2 is 1.81 bits per heavy atom. The maximum absolute atomic E-state index is 12.3. The van der Waals surface area contributed by atoms with E-state index < -0.39 is 5.60 Å². The zero-order valence-electron chi connectivity index (χ0n) is 14.8. The monoisotopic (exact) mass is 372 g/mol. The average Bonchev–Trinajstić information content (AvgIpc) is 2.85. The van der Waals surface area contributed by atoms with Crippen molar-refractivity contribution >= 4 is 17.5 Å². The first-order chi connectivity index (χ1) is 12.5. The third-order valence-corrected chi connectivity index (χ3v) is 5.24. The van der Waals surface area contributed by atoms with Gasteiger partial charge in [0, 0.05) is 18.1 Å². The zero-order valence-corrected chi connectivity index (χ0v) is 15.6. The van der Waals surface area contributed by atoms with Crippen molar-refractivity contribution in [1.82, 2.24) is 10.2 Å². The normalized spacial score (nSPS) is 21.2. The molecular formula is C21H25ClN2O2. The van der Waals surface area contributed by atoms with Gasteiger partial charge in [0.2, 0.25) is 5.91 Å². The van der Waals surface area contributed by atoms with Crippen LogP contribution in [0.25, 0.3) is 0 Å². The Balaban J connectivity index is 1.50. The van der Waals surface area contributed by atoms with E-state index >= 15 is 0 Å². The minimum atomic E-state index is -0.796. The minimum Gasteiger partial charge on any atom is -0.385 e. The first-order valence-corrected chi connectivity index (χ1v) is 9.44. The van der Waals surface area contributed by atoms with E-state index in [0.29, 0.717) is 31.1 Å². The number of hydrogen-bond donors (Lipinski definition) is 2. The number of carbonyl (C=O) groups excluding carboxylic acids is 1. The van der Waals surface area contributed by atoms with Crippen molar-refractivity contribution in [3.63, 3.8) is 0 Å². The molecule has 0 spiro atoms. The van der Waals surface area contributed by atoms with Gasteiger partial charge < -0.3 is 10.4 Å². The molecule has 0 aliphatic carbocycles. The Labute approximate surface area is 159 Å². The van der Waals surface area contributed by atoms with Gasteiger partial charge >= 0.3 is 0 Å². The van der Waals surface area contributed by atoms with Gasteiger partial charge in [-0.1, -0.05) is 54.1 Å². The maximum Gasteiger partial charge on any atom is 0.234 e. The average molecular weight is 373 g/mol. The van der Waals surface area contributed by atoms with Crippen molar-refractivity contribution in [2.45, 2.75) is 31.4 Å². The number of nitrogens with zero attached hydrogens (tertiary/aromatic N) is 1. The molecule has 138 valence electrons. The molecule has 1 aliphatic rings. The van der Waals surface area contributed by atoms with Crippen LogP contribution in [0.1, 0.15) is 30.4 Å². The number of benzene rings is 2. The first kappa shape index (κ1) is 18.9. The molecule has 0 bridgehead atoms. The second kappa shape index (κ2) is 8.67. The molecule has 26 heavy (non-hydrogen) atoms. The number of carbonyl (C=O) groups is 1. The summed E-state index contributed by atoms with van der Waals surface area (Å²) in [5.74, 6) is 0.00472. The summed E-state index contributed by atoms with van der Waals surface area (Å²) in [5.41, 5.74) is 1.20. The van der Waals surface area contributed by atoms with Crippen molar-refractivity contribution in [2.24, 2.45) is 0 Å². The summed E-state index contributed by atoms with van der Waals surface area (Å²) < 4.78 is 0. The van der Waals surface area contributed by atoms with Crippen LogP contribution >= 0.6 is 11.6 Å². The number of halogens is 1. The number of nitrogens with one attached hydrogen (secondary N) is 1. The number of likely N-dealkylation sites (tertiary alicyclic amines) is 1. The summed E-state index contributed by atoms with van der Waals surface area (Å²) in [5, 5.41) is 14.7. The SMILES string of the molecule is O=C(CN1CCC[C@@](O)(c2ccccc2)CC1)NCc1ccc(Cl)cc1. The van der Waals surface area contributed by atoms with Crippen molar-refractivity contribution in [3.05, 3.63) is 70.7 Å². The van der Waals surface area contributed by atoms with E-state index in [9.17, 15) is 9.90 Å². The van der Waals surface area contributed by atoms with E-state index in [1.165, 1.54) is 0 Å². The highest BCUT2D eigenvalue weighted by molar-refractivity contribution is 6.30. The third kappa shape index (κ3) is 5.07. The van der Waals surface area contributed by atoms with Gasteiger partial charge in [-0.05, 0) is 49.1 Å². The fourth-order valence-electron chi connectivity index (χ4n) is 3.43. The lowest BCUT2D eigenvalue weighted by atomic mass is 9.87. The van der Waals surface area contributed by atoms with Crippen LogP contribution in [-0.4, -0.2) is 35.5 Å². The second-order valence-electron chi connectivity index (χ2n) is 6.93. The Kier molecular flexibility index (Phi) is 6.30. The lowest BCUT2D eigenvalue weighted by Gasteiger charge is -2.27. The molecule has 0 radical (unpaired) electrons. The quantitative estimate of drug-likeness (QED) is 0.846. The summed E-state index contributed by atoms with van der Waals surface area (Å²) in [4.78, 5) is 14.4. The number of rotatable bonds is 5. The highest BCUT2D eigenvalue weighted by atomic mass is 35.5. The van der Waals surface area contributed by atoms with Gasteiger partial charge in [-0.2, -0.15) is 0 Å². The molecule has 1 heterocycles. The molecule has 4 nitrogen and oxygen atoms in total. The van der Waals surface area contributed by atoms with E-state index in [1.807, 2.05) is 54.6 Å². The van der Waals surface area contributed by atoms with E-state index in [-0.39, 0.29) is 5.91 Å². The first-order valence-electron chi connectivity index (χ1n) is 9.07. The van der Waals surface area contributed by atoms with Gasteiger partial charge in [0.05, 0.1) is 12.1 Å². The van der Waals surface area contributed by atoms with Crippen LogP contribution in [0.15, 0.2) is 54.6 Å². The fourth-order valence-corrected chi connectivity index (χ4v) is 3.56. The lowest BCUT2D eigenvalue weighted by Crippen LogP contribution is -2.38. The molecule has 1 amide bonds. The molecule has 2 aromatic rings. The van der Waals surface area contributed by atoms with E-state index in [0.717, 1.165) is 30.5 Å².